The summed E-state index contributed by atoms with van der Waals surface area (Å²) in [6.07, 6.45) is 0. The molecular formula is C17H16ClN3O3S. The zero-order valence-electron chi connectivity index (χ0n) is 13.4. The van der Waals surface area contributed by atoms with Crippen molar-refractivity contribution in [2.24, 2.45) is 0 Å². The van der Waals surface area contributed by atoms with Gasteiger partial charge >= 0.3 is 0 Å². The summed E-state index contributed by atoms with van der Waals surface area (Å²) in [6, 6.07) is 15.1. The first kappa shape index (κ1) is 17.6. The predicted octanol–water partition coefficient (Wildman–Crippen LogP) is 3.24. The Morgan fingerprint density at radius 3 is 2.40 bits per heavy atom. The van der Waals surface area contributed by atoms with Crippen molar-refractivity contribution < 1.29 is 12.8 Å². The van der Waals surface area contributed by atoms with Gasteiger partial charge in [0.05, 0.1) is 5.75 Å². The van der Waals surface area contributed by atoms with Gasteiger partial charge in [0.15, 0.2) is 0 Å². The molecule has 0 saturated heterocycles. The molecule has 1 unspecified atom stereocenters. The van der Waals surface area contributed by atoms with Crippen molar-refractivity contribution in [2.45, 2.75) is 18.7 Å². The lowest BCUT2D eigenvalue weighted by atomic mass is 10.1. The number of halogens is 1. The standard InChI is InChI=1S/C17H16ClN3O3S/c1-12-19-20-17(24-12)16(13-7-3-2-4-8-13)21-25(22,23)11-14-9-5-6-10-15(14)18/h2-10,16,21H,11H2,1H3. The van der Waals surface area contributed by atoms with E-state index in [0.717, 1.165) is 0 Å². The van der Waals surface area contributed by atoms with Gasteiger partial charge in [-0.2, -0.15) is 4.72 Å². The second-order valence-electron chi connectivity index (χ2n) is 5.47. The molecule has 1 heterocycles. The van der Waals surface area contributed by atoms with E-state index in [1.54, 1.807) is 43.3 Å². The average Bonchev–Trinajstić information content (AvgIpc) is 3.02. The lowest BCUT2D eigenvalue weighted by Crippen LogP contribution is -2.30. The summed E-state index contributed by atoms with van der Waals surface area (Å²) in [5, 5.41) is 8.15. The minimum atomic E-state index is -3.71. The van der Waals surface area contributed by atoms with Crippen molar-refractivity contribution in [1.82, 2.24) is 14.9 Å². The molecule has 0 radical (unpaired) electrons. The summed E-state index contributed by atoms with van der Waals surface area (Å²) in [5.41, 5.74) is 1.22. The predicted molar refractivity (Wildman–Crippen MR) is 94.5 cm³/mol. The fraction of sp³-hybridized carbons (Fsp3) is 0.176. The normalized spacial score (nSPS) is 12.9. The molecule has 3 aromatic rings. The number of rotatable bonds is 6. The highest BCUT2D eigenvalue weighted by Crippen LogP contribution is 2.24. The van der Waals surface area contributed by atoms with Gasteiger partial charge in [-0.05, 0) is 17.2 Å². The molecule has 1 N–H and O–H groups in total. The van der Waals surface area contributed by atoms with E-state index in [1.165, 1.54) is 0 Å². The topological polar surface area (TPSA) is 85.1 Å². The van der Waals surface area contributed by atoms with Crippen molar-refractivity contribution in [3.8, 4) is 0 Å². The Labute approximate surface area is 150 Å². The summed E-state index contributed by atoms with van der Waals surface area (Å²) in [6.45, 7) is 1.65. The van der Waals surface area contributed by atoms with E-state index in [-0.39, 0.29) is 11.6 Å². The molecule has 0 bridgehead atoms. The third-order valence-electron chi connectivity index (χ3n) is 3.52. The monoisotopic (exact) mass is 377 g/mol. The maximum Gasteiger partial charge on any atom is 0.238 e. The van der Waals surface area contributed by atoms with Crippen LogP contribution in [0.15, 0.2) is 59.0 Å². The Hall–Kier alpha value is -2.22. The van der Waals surface area contributed by atoms with Crippen LogP contribution in [0.2, 0.25) is 5.02 Å². The Balaban J connectivity index is 1.91. The summed E-state index contributed by atoms with van der Waals surface area (Å²) < 4.78 is 33.4. The second-order valence-corrected chi connectivity index (χ2v) is 7.63. The molecule has 130 valence electrons. The second kappa shape index (κ2) is 7.35. The van der Waals surface area contributed by atoms with Crippen LogP contribution >= 0.6 is 11.6 Å². The van der Waals surface area contributed by atoms with Crippen molar-refractivity contribution in [1.29, 1.82) is 0 Å². The third kappa shape index (κ3) is 4.45. The number of aromatic nitrogens is 2. The molecule has 0 saturated carbocycles. The number of nitrogens with one attached hydrogen (secondary N) is 1. The van der Waals surface area contributed by atoms with Crippen molar-refractivity contribution in [3.63, 3.8) is 0 Å². The maximum atomic E-state index is 12.7. The zero-order valence-corrected chi connectivity index (χ0v) is 15.0. The number of hydrogen-bond acceptors (Lipinski definition) is 5. The lowest BCUT2D eigenvalue weighted by Gasteiger charge is -2.16. The van der Waals surface area contributed by atoms with E-state index >= 15 is 0 Å². The first-order chi connectivity index (χ1) is 11.9. The fourth-order valence-corrected chi connectivity index (χ4v) is 4.00. The van der Waals surface area contributed by atoms with Gasteiger partial charge in [0.2, 0.25) is 21.8 Å². The molecule has 0 aliphatic heterocycles. The van der Waals surface area contributed by atoms with E-state index < -0.39 is 16.1 Å². The quantitative estimate of drug-likeness (QED) is 0.712. The Kier molecular flexibility index (Phi) is 5.17. The molecule has 1 aromatic heterocycles. The minimum Gasteiger partial charge on any atom is -0.423 e. The number of benzene rings is 2. The van der Waals surface area contributed by atoms with Gasteiger partial charge in [-0.25, -0.2) is 8.42 Å². The van der Waals surface area contributed by atoms with Crippen LogP contribution in [-0.2, 0) is 15.8 Å². The third-order valence-corrected chi connectivity index (χ3v) is 5.18. The van der Waals surface area contributed by atoms with Gasteiger partial charge in [0.1, 0.15) is 6.04 Å². The highest BCUT2D eigenvalue weighted by Gasteiger charge is 2.26. The minimum absolute atomic E-state index is 0.187. The smallest absolute Gasteiger partial charge is 0.238 e. The van der Waals surface area contributed by atoms with Crippen molar-refractivity contribution in [3.05, 3.63) is 82.5 Å². The molecule has 2 aromatic carbocycles. The van der Waals surface area contributed by atoms with Gasteiger partial charge in [0, 0.05) is 11.9 Å². The van der Waals surface area contributed by atoms with E-state index in [9.17, 15) is 8.42 Å². The first-order valence-electron chi connectivity index (χ1n) is 7.53. The maximum absolute atomic E-state index is 12.7. The summed E-state index contributed by atoms with van der Waals surface area (Å²) >= 11 is 6.07. The number of hydrogen-bond donors (Lipinski definition) is 1. The van der Waals surface area contributed by atoms with Crippen LogP contribution < -0.4 is 4.72 Å². The highest BCUT2D eigenvalue weighted by atomic mass is 35.5. The molecule has 0 fully saturated rings. The van der Waals surface area contributed by atoms with Crippen LogP contribution in [-0.4, -0.2) is 18.6 Å². The Morgan fingerprint density at radius 2 is 1.76 bits per heavy atom. The van der Waals surface area contributed by atoms with Gasteiger partial charge < -0.3 is 4.42 Å². The summed E-state index contributed by atoms with van der Waals surface area (Å²) in [7, 11) is -3.71. The fourth-order valence-electron chi connectivity index (χ4n) is 2.38. The molecular weight excluding hydrogens is 362 g/mol. The van der Waals surface area contributed by atoms with E-state index in [2.05, 4.69) is 14.9 Å². The number of sulfonamides is 1. The number of nitrogens with zero attached hydrogens (tertiary/aromatic N) is 2. The van der Waals surface area contributed by atoms with E-state index in [4.69, 9.17) is 16.0 Å². The summed E-state index contributed by atoms with van der Waals surface area (Å²) in [5.74, 6) is 0.302. The molecule has 25 heavy (non-hydrogen) atoms. The van der Waals surface area contributed by atoms with E-state index in [0.29, 0.717) is 22.0 Å². The van der Waals surface area contributed by atoms with Crippen LogP contribution in [0, 0.1) is 6.92 Å². The average molecular weight is 378 g/mol. The van der Waals surface area contributed by atoms with Crippen LogP contribution in [0.3, 0.4) is 0 Å². The summed E-state index contributed by atoms with van der Waals surface area (Å²) in [4.78, 5) is 0. The molecule has 3 rings (SSSR count). The van der Waals surface area contributed by atoms with Crippen LogP contribution in [0.1, 0.15) is 29.0 Å². The van der Waals surface area contributed by atoms with Gasteiger partial charge in [0.25, 0.3) is 0 Å². The molecule has 0 aliphatic carbocycles. The molecule has 0 spiro atoms. The molecule has 8 heteroatoms. The Morgan fingerprint density at radius 1 is 1.08 bits per heavy atom. The first-order valence-corrected chi connectivity index (χ1v) is 9.56. The highest BCUT2D eigenvalue weighted by molar-refractivity contribution is 7.88. The SMILES string of the molecule is Cc1nnc(C(NS(=O)(=O)Cc2ccccc2Cl)c2ccccc2)o1. The molecule has 1 atom stereocenters. The van der Waals surface area contributed by atoms with Gasteiger partial charge in [-0.3, -0.25) is 0 Å². The number of aryl methyl sites for hydroxylation is 1. The van der Waals surface area contributed by atoms with Crippen LogP contribution in [0.25, 0.3) is 0 Å². The largest absolute Gasteiger partial charge is 0.423 e. The van der Waals surface area contributed by atoms with Crippen LogP contribution in [0.5, 0.6) is 0 Å². The van der Waals surface area contributed by atoms with Gasteiger partial charge in [-0.15, -0.1) is 10.2 Å². The molecule has 0 aliphatic rings. The molecule has 0 amide bonds. The zero-order chi connectivity index (χ0) is 17.9. The Bertz CT molecular complexity index is 958. The van der Waals surface area contributed by atoms with E-state index in [1.807, 2.05) is 18.2 Å². The van der Waals surface area contributed by atoms with Crippen LogP contribution in [0.4, 0.5) is 0 Å². The molecule has 6 nitrogen and oxygen atoms in total. The lowest BCUT2D eigenvalue weighted by molar-refractivity contribution is 0.436. The van der Waals surface area contributed by atoms with Gasteiger partial charge in [-0.1, -0.05) is 60.1 Å². The van der Waals surface area contributed by atoms with Crippen molar-refractivity contribution in [2.75, 3.05) is 0 Å². The van der Waals surface area contributed by atoms with Crippen molar-refractivity contribution >= 4 is 21.6 Å².